The topological polar surface area (TPSA) is 131 Å². The van der Waals surface area contributed by atoms with Gasteiger partial charge in [-0.2, -0.15) is 31.0 Å². The van der Waals surface area contributed by atoms with E-state index in [1.54, 1.807) is 48.5 Å². The molecule has 0 aliphatic rings. The Balaban J connectivity index is 2.01. The minimum atomic E-state index is -3.65. The number of hydrogen-bond donors (Lipinski definition) is 0. The molecule has 0 aliphatic carbocycles. The van der Waals surface area contributed by atoms with Gasteiger partial charge in [0.25, 0.3) is 0 Å². The van der Waals surface area contributed by atoms with E-state index < -0.39 is 21.6 Å². The Morgan fingerprint density at radius 1 is 0.760 bits per heavy atom. The molecule has 0 heterocycles. The highest BCUT2D eigenvalue weighted by Gasteiger charge is 2.09. The molecule has 0 atom stereocenters. The molecule has 0 radical (unpaired) electrons. The first-order valence-corrected chi connectivity index (χ1v) is 8.81. The molecular weight excluding hydrogens is 340 g/mol. The molecule has 2 aromatic rings. The Bertz CT molecular complexity index is 924. The van der Waals surface area contributed by atoms with Gasteiger partial charge in [0.15, 0.2) is 21.6 Å². The second kappa shape index (κ2) is 8.43. The Labute approximate surface area is 144 Å². The summed E-state index contributed by atoms with van der Waals surface area (Å²) in [5.41, 5.74) is 1.20. The van der Waals surface area contributed by atoms with Crippen molar-refractivity contribution in [1.82, 2.24) is 0 Å². The minimum Gasteiger partial charge on any atom is -0.225 e. The van der Waals surface area contributed by atoms with Crippen molar-refractivity contribution < 1.29 is 8.42 Å². The lowest BCUT2D eigenvalue weighted by Crippen LogP contribution is -2.06. The first-order chi connectivity index (χ1) is 12.1. The molecule has 0 aliphatic heterocycles. The van der Waals surface area contributed by atoms with E-state index in [0.717, 1.165) is 0 Å². The number of rotatable bonds is 6. The van der Waals surface area contributed by atoms with Crippen LogP contribution < -0.4 is 0 Å². The number of nitriles is 2. The van der Waals surface area contributed by atoms with Gasteiger partial charge in [0.1, 0.15) is 23.5 Å². The zero-order valence-corrected chi connectivity index (χ0v) is 13.8. The van der Waals surface area contributed by atoms with Crippen LogP contribution in [-0.2, 0) is 9.84 Å². The Kier molecular flexibility index (Phi) is 6.04. The average Bonchev–Trinajstić information content (AvgIpc) is 2.62. The zero-order chi connectivity index (χ0) is 18.1. The van der Waals surface area contributed by atoms with Crippen LogP contribution in [0.15, 0.2) is 69.0 Å². The van der Waals surface area contributed by atoms with Crippen LogP contribution in [0.1, 0.15) is 11.1 Å². The molecule has 0 unspecified atom stereocenters. The van der Waals surface area contributed by atoms with E-state index in [9.17, 15) is 8.42 Å². The first kappa shape index (κ1) is 17.9. The monoisotopic (exact) mass is 352 g/mol. The van der Waals surface area contributed by atoms with E-state index in [-0.39, 0.29) is 0 Å². The van der Waals surface area contributed by atoms with Gasteiger partial charge in [-0.05, 0) is 24.3 Å². The summed E-state index contributed by atoms with van der Waals surface area (Å²) in [5, 5.41) is 32.6. The molecule has 8 nitrogen and oxygen atoms in total. The van der Waals surface area contributed by atoms with Gasteiger partial charge in [-0.3, -0.25) is 0 Å². The van der Waals surface area contributed by atoms with Gasteiger partial charge in [-0.15, -0.1) is 0 Å². The van der Waals surface area contributed by atoms with Gasteiger partial charge < -0.3 is 0 Å². The summed E-state index contributed by atoms with van der Waals surface area (Å²) in [7, 11) is -3.65. The molecule has 2 rings (SSSR count). The van der Waals surface area contributed by atoms with E-state index in [1.807, 2.05) is 12.1 Å². The second-order valence-corrected chi connectivity index (χ2v) is 6.75. The number of benzene rings is 2. The fourth-order valence-corrected chi connectivity index (χ4v) is 2.29. The highest BCUT2D eigenvalue weighted by molar-refractivity contribution is 7.91. The third-order valence-electron chi connectivity index (χ3n) is 2.91. The van der Waals surface area contributed by atoms with E-state index in [4.69, 9.17) is 10.5 Å². The quantitative estimate of drug-likeness (QED) is 0.734. The number of sulfone groups is 1. The molecule has 0 amide bonds. The van der Waals surface area contributed by atoms with Crippen molar-refractivity contribution >= 4 is 21.2 Å². The summed E-state index contributed by atoms with van der Waals surface area (Å²) in [6, 6.07) is 16.8. The molecule has 0 saturated carbocycles. The van der Waals surface area contributed by atoms with Gasteiger partial charge >= 0.3 is 0 Å². The average molecular weight is 352 g/mol. The van der Waals surface area contributed by atoms with Crippen molar-refractivity contribution in [3.05, 3.63) is 59.7 Å². The predicted molar refractivity (Wildman–Crippen MR) is 90.0 cm³/mol. The standard InChI is InChI=1S/C16H12N6O2S/c17-9-13-5-1-3-7-15(13)21-19-11-25(23,24)12-20-22-16-8-4-2-6-14(16)10-18/h1-8H,11-12H2. The Morgan fingerprint density at radius 3 is 1.56 bits per heavy atom. The largest absolute Gasteiger partial charge is 0.225 e. The van der Waals surface area contributed by atoms with Crippen LogP contribution in [0.3, 0.4) is 0 Å². The molecule has 0 bridgehead atoms. The SMILES string of the molecule is N#Cc1ccccc1N=NCS(=O)(=O)CN=Nc1ccccc1C#N. The highest BCUT2D eigenvalue weighted by Crippen LogP contribution is 2.19. The van der Waals surface area contributed by atoms with Crippen molar-refractivity contribution in [3.63, 3.8) is 0 Å². The summed E-state index contributed by atoms with van der Waals surface area (Å²) in [5.74, 6) is -1.16. The molecular formula is C16H12N6O2S. The Hall–Kier alpha value is -3.43. The van der Waals surface area contributed by atoms with E-state index in [1.165, 1.54) is 0 Å². The van der Waals surface area contributed by atoms with Gasteiger partial charge in [0.2, 0.25) is 0 Å². The summed E-state index contributed by atoms with van der Waals surface area (Å²) in [6.45, 7) is 0. The number of nitrogens with zero attached hydrogens (tertiary/aromatic N) is 6. The lowest BCUT2D eigenvalue weighted by Gasteiger charge is -1.97. The van der Waals surface area contributed by atoms with Crippen molar-refractivity contribution in [1.29, 1.82) is 10.5 Å². The fourth-order valence-electron chi connectivity index (χ4n) is 1.74. The van der Waals surface area contributed by atoms with Crippen molar-refractivity contribution in [2.75, 3.05) is 11.8 Å². The van der Waals surface area contributed by atoms with Crippen LogP contribution in [0.2, 0.25) is 0 Å². The van der Waals surface area contributed by atoms with Crippen LogP contribution in [-0.4, -0.2) is 20.2 Å². The summed E-state index contributed by atoms with van der Waals surface area (Å²) in [6.07, 6.45) is 0. The summed E-state index contributed by atoms with van der Waals surface area (Å²) in [4.78, 5) is 0. The molecule has 124 valence electrons. The highest BCUT2D eigenvalue weighted by atomic mass is 32.2. The van der Waals surface area contributed by atoms with Crippen molar-refractivity contribution in [3.8, 4) is 12.1 Å². The van der Waals surface area contributed by atoms with E-state index in [2.05, 4.69) is 20.5 Å². The molecule has 0 N–H and O–H groups in total. The molecule has 9 heteroatoms. The minimum absolute atomic E-state index is 0.296. The third kappa shape index (κ3) is 5.30. The molecule has 2 aromatic carbocycles. The van der Waals surface area contributed by atoms with Crippen molar-refractivity contribution in [2.45, 2.75) is 0 Å². The second-order valence-electron chi connectivity index (χ2n) is 4.74. The van der Waals surface area contributed by atoms with Gasteiger partial charge in [-0.25, -0.2) is 8.42 Å². The number of hydrogen-bond acceptors (Lipinski definition) is 8. The van der Waals surface area contributed by atoms with Crippen LogP contribution in [0, 0.1) is 22.7 Å². The molecule has 0 spiro atoms. The normalized spacial score (nSPS) is 11.4. The first-order valence-electron chi connectivity index (χ1n) is 6.99. The van der Waals surface area contributed by atoms with Gasteiger partial charge in [0, 0.05) is 0 Å². The fraction of sp³-hybridized carbons (Fsp3) is 0.125. The molecule has 0 aromatic heterocycles. The van der Waals surface area contributed by atoms with E-state index in [0.29, 0.717) is 22.5 Å². The smallest absolute Gasteiger partial charge is 0.194 e. The number of azo groups is 2. The molecule has 0 fully saturated rings. The lowest BCUT2D eigenvalue weighted by atomic mass is 10.2. The lowest BCUT2D eigenvalue weighted by molar-refractivity contribution is 0.595. The maximum Gasteiger partial charge on any atom is 0.194 e. The maximum atomic E-state index is 11.9. The van der Waals surface area contributed by atoms with Crippen LogP contribution in [0.4, 0.5) is 11.4 Å². The predicted octanol–water partition coefficient (Wildman–Crippen LogP) is 3.63. The molecule has 25 heavy (non-hydrogen) atoms. The maximum absolute atomic E-state index is 11.9. The molecule has 0 saturated heterocycles. The summed E-state index contributed by atoms with van der Waals surface area (Å²) >= 11 is 0. The Morgan fingerprint density at radius 2 is 1.16 bits per heavy atom. The van der Waals surface area contributed by atoms with Gasteiger partial charge in [-0.1, -0.05) is 24.3 Å². The van der Waals surface area contributed by atoms with Crippen molar-refractivity contribution in [2.24, 2.45) is 20.5 Å². The van der Waals surface area contributed by atoms with E-state index >= 15 is 0 Å². The van der Waals surface area contributed by atoms with Crippen LogP contribution in [0.25, 0.3) is 0 Å². The van der Waals surface area contributed by atoms with Gasteiger partial charge in [0.05, 0.1) is 11.1 Å². The summed E-state index contributed by atoms with van der Waals surface area (Å²) < 4.78 is 23.8. The third-order valence-corrected chi connectivity index (χ3v) is 3.93. The zero-order valence-electron chi connectivity index (χ0n) is 12.9. The van der Waals surface area contributed by atoms with Crippen LogP contribution >= 0.6 is 0 Å². The van der Waals surface area contributed by atoms with Crippen LogP contribution in [0.5, 0.6) is 0 Å².